The molecule has 6 nitrogen and oxygen atoms in total. The number of piperazine rings is 1. The number of carbonyl (C=O) groups is 1. The number of rotatable bonds is 4. The van der Waals surface area contributed by atoms with Gasteiger partial charge in [0.05, 0.1) is 11.1 Å². The third-order valence-corrected chi connectivity index (χ3v) is 10.3. The third kappa shape index (κ3) is 5.26. The minimum Gasteiger partial charge on any atom is -0.352 e. The fraction of sp³-hybridized carbons (Fsp3) is 0.344. The number of aryl methyl sites for hydroxylation is 1. The fourth-order valence-corrected chi connectivity index (χ4v) is 8.51. The van der Waals surface area contributed by atoms with E-state index in [0.717, 1.165) is 11.1 Å². The van der Waals surface area contributed by atoms with Crippen LogP contribution in [0.15, 0.2) is 69.5 Å². The number of halogens is 3. The Hall–Kier alpha value is -3.57. The van der Waals surface area contributed by atoms with Gasteiger partial charge in [0.25, 0.3) is 0 Å². The second kappa shape index (κ2) is 11.2. The molecule has 6 rings (SSSR count). The Bertz CT molecular complexity index is 1750. The molecule has 0 spiro atoms. The first kappa shape index (κ1) is 29.5. The summed E-state index contributed by atoms with van der Waals surface area (Å²) in [4.78, 5) is 34.9. The molecule has 2 aliphatic rings. The molecule has 0 unspecified atom stereocenters. The molecule has 4 heterocycles. The van der Waals surface area contributed by atoms with E-state index < -0.39 is 17.4 Å². The van der Waals surface area contributed by atoms with Crippen LogP contribution in [0.25, 0.3) is 22.0 Å². The Morgan fingerprint density at radius 2 is 1.79 bits per heavy atom. The third-order valence-electron chi connectivity index (χ3n) is 8.34. The van der Waals surface area contributed by atoms with Crippen LogP contribution in [0.2, 0.25) is 0 Å². The topological polar surface area (TPSA) is 58.4 Å². The van der Waals surface area contributed by atoms with Crippen LogP contribution >= 0.6 is 23.1 Å². The van der Waals surface area contributed by atoms with E-state index in [0.29, 0.717) is 46.7 Å². The molecule has 2 aliphatic heterocycles. The molecule has 4 aromatic rings. The lowest BCUT2D eigenvalue weighted by Crippen LogP contribution is -2.58. The van der Waals surface area contributed by atoms with E-state index in [-0.39, 0.29) is 35.3 Å². The zero-order valence-electron chi connectivity index (χ0n) is 24.0. The maximum atomic E-state index is 15.0. The number of alkyl halides is 3. The van der Waals surface area contributed by atoms with Gasteiger partial charge in [-0.15, -0.1) is 11.8 Å². The van der Waals surface area contributed by atoms with Gasteiger partial charge in [0.1, 0.15) is 5.82 Å². The Morgan fingerprint density at radius 3 is 2.40 bits per heavy atom. The Balaban J connectivity index is 1.63. The number of anilines is 1. The van der Waals surface area contributed by atoms with Crippen molar-refractivity contribution in [3.8, 4) is 11.1 Å². The van der Waals surface area contributed by atoms with Crippen molar-refractivity contribution in [1.82, 2.24) is 14.5 Å². The molecule has 0 N–H and O–H groups in total. The van der Waals surface area contributed by atoms with Crippen molar-refractivity contribution in [2.24, 2.45) is 0 Å². The van der Waals surface area contributed by atoms with Gasteiger partial charge in [-0.3, -0.25) is 9.36 Å². The van der Waals surface area contributed by atoms with Crippen LogP contribution in [0.5, 0.6) is 0 Å². The highest BCUT2D eigenvalue weighted by Crippen LogP contribution is 2.49. The summed E-state index contributed by atoms with van der Waals surface area (Å²) in [5.41, 5.74) is 1.76. The molecule has 0 saturated carbocycles. The summed E-state index contributed by atoms with van der Waals surface area (Å²) in [7, 11) is 0. The average molecular weight is 625 g/mol. The van der Waals surface area contributed by atoms with Gasteiger partial charge in [0.15, 0.2) is 0 Å². The smallest absolute Gasteiger partial charge is 0.352 e. The van der Waals surface area contributed by atoms with Gasteiger partial charge in [-0.2, -0.15) is 29.5 Å². The quantitative estimate of drug-likeness (QED) is 0.230. The molecule has 3 atom stereocenters. The second-order valence-electron chi connectivity index (χ2n) is 11.3. The van der Waals surface area contributed by atoms with Crippen LogP contribution in [0.4, 0.5) is 19.0 Å². The zero-order chi connectivity index (χ0) is 30.6. The second-order valence-corrected chi connectivity index (χ2v) is 13.1. The highest BCUT2D eigenvalue weighted by molar-refractivity contribution is 7.99. The van der Waals surface area contributed by atoms with Crippen LogP contribution in [-0.4, -0.2) is 51.3 Å². The number of hydrogen-bond acceptors (Lipinski definition) is 6. The maximum Gasteiger partial charge on any atom is 0.417 e. The molecule has 1 saturated heterocycles. The summed E-state index contributed by atoms with van der Waals surface area (Å²) >= 11 is 2.92. The molecule has 0 bridgehead atoms. The van der Waals surface area contributed by atoms with Crippen molar-refractivity contribution >= 4 is 45.7 Å². The zero-order valence-corrected chi connectivity index (χ0v) is 25.7. The van der Waals surface area contributed by atoms with Gasteiger partial charge >= 0.3 is 11.9 Å². The molecule has 1 amide bonds. The largest absolute Gasteiger partial charge is 0.417 e. The molecule has 1 fully saturated rings. The van der Waals surface area contributed by atoms with Gasteiger partial charge in [0.2, 0.25) is 5.91 Å². The SMILES string of the molecule is C=CC(=O)N1[C@H](C)CN(c2nc(=O)n3c4c(c(-c5ccc(C)cc5)c(C(F)(F)F)cc24)SC[C@@H](c2ccsc2)C3)C[C@@H]1C. The summed E-state index contributed by atoms with van der Waals surface area (Å²) in [5.74, 6) is 0.446. The number of benzene rings is 2. The monoisotopic (exact) mass is 624 g/mol. The molecule has 11 heteroatoms. The summed E-state index contributed by atoms with van der Waals surface area (Å²) in [6.45, 7) is 10.2. The number of nitrogens with zero attached hydrogens (tertiary/aromatic N) is 4. The maximum absolute atomic E-state index is 15.0. The number of hydrogen-bond donors (Lipinski definition) is 0. The van der Waals surface area contributed by atoms with Crippen LogP contribution < -0.4 is 10.6 Å². The molecule has 2 aromatic heterocycles. The number of carbonyl (C=O) groups excluding carboxylic acids is 1. The highest BCUT2D eigenvalue weighted by atomic mass is 32.2. The van der Waals surface area contributed by atoms with E-state index in [9.17, 15) is 22.8 Å². The number of aromatic nitrogens is 2. The molecule has 0 radical (unpaired) electrons. The van der Waals surface area contributed by atoms with Crippen molar-refractivity contribution in [3.63, 3.8) is 0 Å². The van der Waals surface area contributed by atoms with Gasteiger partial charge < -0.3 is 9.80 Å². The van der Waals surface area contributed by atoms with Gasteiger partial charge in [-0.05, 0) is 60.9 Å². The van der Waals surface area contributed by atoms with Gasteiger partial charge in [-0.25, -0.2) is 4.79 Å². The number of amides is 1. The van der Waals surface area contributed by atoms with Crippen LogP contribution in [0.1, 0.15) is 36.5 Å². The first-order valence-electron chi connectivity index (χ1n) is 14.1. The van der Waals surface area contributed by atoms with Crippen LogP contribution in [0.3, 0.4) is 0 Å². The summed E-state index contributed by atoms with van der Waals surface area (Å²) in [5, 5.41) is 4.29. The van der Waals surface area contributed by atoms with E-state index in [1.165, 1.54) is 23.9 Å². The standard InChI is InChI=1S/C32H31F3N4O2S2/c1-5-26(40)39-19(3)13-37(14-20(39)4)30-24-12-25(32(33,34)35)27(21-8-6-18(2)7-9-21)29-28(24)38(31(41)36-30)15-23(17-43-29)22-10-11-42-16-22/h5-12,16,19-20,23H,1,13-15,17H2,2-4H3/t19-,20+,23-/m0/s1. The van der Waals surface area contributed by atoms with E-state index in [1.807, 2.05) is 42.5 Å². The minimum absolute atomic E-state index is 0.0779. The molecule has 43 heavy (non-hydrogen) atoms. The lowest BCUT2D eigenvalue weighted by molar-refractivity contribution is -0.137. The number of thioether (sulfide) groups is 1. The van der Waals surface area contributed by atoms with E-state index >= 15 is 0 Å². The Kier molecular flexibility index (Phi) is 7.66. The predicted molar refractivity (Wildman–Crippen MR) is 167 cm³/mol. The Labute approximate surface area is 255 Å². The van der Waals surface area contributed by atoms with Gasteiger partial charge in [-0.1, -0.05) is 36.4 Å². The predicted octanol–water partition coefficient (Wildman–Crippen LogP) is 6.95. The fourth-order valence-electron chi connectivity index (χ4n) is 6.38. The molecule has 0 aliphatic carbocycles. The van der Waals surface area contributed by atoms with E-state index in [2.05, 4.69) is 11.6 Å². The average Bonchev–Trinajstić information content (AvgIpc) is 3.42. The normalized spacial score (nSPS) is 20.7. The van der Waals surface area contributed by atoms with Crippen molar-refractivity contribution < 1.29 is 18.0 Å². The Morgan fingerprint density at radius 1 is 1.09 bits per heavy atom. The van der Waals surface area contributed by atoms with E-state index in [4.69, 9.17) is 0 Å². The minimum atomic E-state index is -4.65. The first-order valence-corrected chi connectivity index (χ1v) is 16.0. The number of thiophene rings is 1. The van der Waals surface area contributed by atoms with Crippen molar-refractivity contribution in [1.29, 1.82) is 0 Å². The summed E-state index contributed by atoms with van der Waals surface area (Å²) < 4.78 is 46.5. The lowest BCUT2D eigenvalue weighted by Gasteiger charge is -2.44. The van der Waals surface area contributed by atoms with Crippen molar-refractivity contribution in [3.05, 3.63) is 87.0 Å². The van der Waals surface area contributed by atoms with Crippen molar-refractivity contribution in [2.75, 3.05) is 23.7 Å². The summed E-state index contributed by atoms with van der Waals surface area (Å²) in [6, 6.07) is 9.69. The van der Waals surface area contributed by atoms with Crippen LogP contribution in [0, 0.1) is 6.92 Å². The van der Waals surface area contributed by atoms with Crippen molar-refractivity contribution in [2.45, 2.75) is 56.4 Å². The van der Waals surface area contributed by atoms with Crippen LogP contribution in [-0.2, 0) is 17.5 Å². The van der Waals surface area contributed by atoms with Gasteiger partial charge in [0, 0.05) is 59.2 Å². The van der Waals surface area contributed by atoms with E-state index in [1.54, 1.807) is 45.1 Å². The molecular formula is C32H31F3N4O2S2. The molecule has 2 aromatic carbocycles. The first-order chi connectivity index (χ1) is 20.5. The molecular weight excluding hydrogens is 594 g/mol. The molecule has 224 valence electrons. The lowest BCUT2D eigenvalue weighted by atomic mass is 9.95. The summed E-state index contributed by atoms with van der Waals surface area (Å²) in [6.07, 6.45) is -3.39. The highest BCUT2D eigenvalue weighted by Gasteiger charge is 2.39.